The number of aryl methyl sites for hydroxylation is 1. The van der Waals surface area contributed by atoms with Crippen LogP contribution >= 0.6 is 8.19 Å². The SMILES string of the molecule is Cc1cnc(C(F)(F)F)[pH]1. The molecule has 0 aliphatic rings. The van der Waals surface area contributed by atoms with Gasteiger partial charge in [-0.2, -0.15) is 13.2 Å². The van der Waals surface area contributed by atoms with Gasteiger partial charge in [-0.25, -0.2) is 4.98 Å². The summed E-state index contributed by atoms with van der Waals surface area (Å²) in [6.45, 7) is 1.64. The summed E-state index contributed by atoms with van der Waals surface area (Å²) >= 11 is 0. The largest absolute Gasteiger partial charge is 0.436 e. The third-order valence-electron chi connectivity index (χ3n) is 0.971. The van der Waals surface area contributed by atoms with Gasteiger partial charge in [0.25, 0.3) is 0 Å². The highest BCUT2D eigenvalue weighted by Gasteiger charge is 2.32. The van der Waals surface area contributed by atoms with Crippen LogP contribution in [0.5, 0.6) is 0 Å². The van der Waals surface area contributed by atoms with Gasteiger partial charge in [0.15, 0.2) is 5.43 Å². The summed E-state index contributed by atoms with van der Waals surface area (Å²) in [5, 5.41) is 0.687. The molecular weight excluding hydrogens is 162 g/mol. The van der Waals surface area contributed by atoms with Crippen molar-refractivity contribution in [3.8, 4) is 0 Å². The Morgan fingerprint density at radius 3 is 2.30 bits per heavy atom. The Balaban J connectivity index is 2.96. The molecule has 0 aliphatic carbocycles. The Morgan fingerprint density at radius 1 is 1.50 bits per heavy atom. The molecule has 10 heavy (non-hydrogen) atoms. The standard InChI is InChI=1S/C5H5F3NP/c1-3-2-9-4(10-3)5(6,7)8/h2,10H,1H3. The van der Waals surface area contributed by atoms with Crippen molar-refractivity contribution in [1.29, 1.82) is 0 Å². The Kier molecular flexibility index (Phi) is 1.73. The van der Waals surface area contributed by atoms with Crippen molar-refractivity contribution < 1.29 is 13.2 Å². The zero-order valence-electron chi connectivity index (χ0n) is 5.16. The zero-order valence-corrected chi connectivity index (χ0v) is 6.16. The van der Waals surface area contributed by atoms with Gasteiger partial charge in [0.2, 0.25) is 0 Å². The lowest BCUT2D eigenvalue weighted by Crippen LogP contribution is -2.02. The van der Waals surface area contributed by atoms with Crippen molar-refractivity contribution in [1.82, 2.24) is 4.98 Å². The summed E-state index contributed by atoms with van der Waals surface area (Å²) in [6, 6.07) is 0. The van der Waals surface area contributed by atoms with Gasteiger partial charge in [0.05, 0.1) is 0 Å². The van der Waals surface area contributed by atoms with E-state index in [0.29, 0.717) is 5.30 Å². The fourth-order valence-electron chi connectivity index (χ4n) is 0.557. The average molecular weight is 167 g/mol. The smallest absolute Gasteiger partial charge is 0.247 e. The van der Waals surface area contributed by atoms with Gasteiger partial charge in [0.1, 0.15) is 0 Å². The van der Waals surface area contributed by atoms with Crippen LogP contribution in [0.2, 0.25) is 0 Å². The predicted molar refractivity (Wildman–Crippen MR) is 33.5 cm³/mol. The van der Waals surface area contributed by atoms with Gasteiger partial charge in [-0.05, 0) is 12.2 Å². The van der Waals surface area contributed by atoms with Gasteiger partial charge in [-0.15, -0.1) is 8.19 Å². The van der Waals surface area contributed by atoms with Crippen LogP contribution in [-0.2, 0) is 6.18 Å². The van der Waals surface area contributed by atoms with Gasteiger partial charge in [-0.3, -0.25) is 0 Å². The molecule has 0 bridgehead atoms. The summed E-state index contributed by atoms with van der Waals surface area (Å²) in [5.41, 5.74) is -0.662. The molecule has 56 valence electrons. The van der Waals surface area contributed by atoms with Crippen molar-refractivity contribution in [3.05, 3.63) is 16.9 Å². The van der Waals surface area contributed by atoms with Crippen molar-refractivity contribution in [3.63, 3.8) is 0 Å². The number of alkyl halides is 3. The summed E-state index contributed by atoms with van der Waals surface area (Å²) in [7, 11) is -0.289. The molecule has 1 heterocycles. The summed E-state index contributed by atoms with van der Waals surface area (Å²) in [6.07, 6.45) is -2.96. The van der Waals surface area contributed by atoms with Crippen molar-refractivity contribution in [2.24, 2.45) is 0 Å². The molecule has 0 fully saturated rings. The third kappa shape index (κ3) is 1.51. The van der Waals surface area contributed by atoms with Crippen LogP contribution < -0.4 is 0 Å². The molecule has 1 aromatic heterocycles. The fraction of sp³-hybridized carbons (Fsp3) is 0.400. The van der Waals surface area contributed by atoms with E-state index in [9.17, 15) is 13.2 Å². The van der Waals surface area contributed by atoms with Gasteiger partial charge in [0, 0.05) is 6.20 Å². The van der Waals surface area contributed by atoms with E-state index >= 15 is 0 Å². The molecule has 0 saturated heterocycles. The quantitative estimate of drug-likeness (QED) is 0.578. The maximum absolute atomic E-state index is 11.8. The Hall–Kier alpha value is -0.500. The van der Waals surface area contributed by atoms with E-state index in [2.05, 4.69) is 4.98 Å². The van der Waals surface area contributed by atoms with Crippen LogP contribution in [-0.4, -0.2) is 4.98 Å². The van der Waals surface area contributed by atoms with Crippen LogP contribution in [0.15, 0.2) is 6.20 Å². The monoisotopic (exact) mass is 167 g/mol. The van der Waals surface area contributed by atoms with Crippen LogP contribution in [0.4, 0.5) is 13.2 Å². The molecule has 5 heteroatoms. The molecule has 1 rings (SSSR count). The molecule has 0 amide bonds. The van der Waals surface area contributed by atoms with Crippen LogP contribution in [0.25, 0.3) is 0 Å². The molecule has 0 aliphatic heterocycles. The zero-order chi connectivity index (χ0) is 7.78. The third-order valence-corrected chi connectivity index (χ3v) is 2.14. The topological polar surface area (TPSA) is 12.9 Å². The van der Waals surface area contributed by atoms with E-state index in [1.165, 1.54) is 6.20 Å². The van der Waals surface area contributed by atoms with Gasteiger partial charge in [-0.1, -0.05) is 0 Å². The minimum absolute atomic E-state index is 0.289. The Bertz CT molecular complexity index is 227. The summed E-state index contributed by atoms with van der Waals surface area (Å²) in [4.78, 5) is 3.23. The number of rotatable bonds is 0. The highest BCUT2D eigenvalue weighted by Crippen LogP contribution is 2.34. The summed E-state index contributed by atoms with van der Waals surface area (Å²) < 4.78 is 35.3. The summed E-state index contributed by atoms with van der Waals surface area (Å²) in [5.74, 6) is 0. The molecule has 1 unspecified atom stereocenters. The number of nitrogens with zero attached hydrogens (tertiary/aromatic N) is 1. The van der Waals surface area contributed by atoms with Crippen molar-refractivity contribution in [2.75, 3.05) is 0 Å². The van der Waals surface area contributed by atoms with Gasteiger partial charge < -0.3 is 0 Å². The van der Waals surface area contributed by atoms with Crippen LogP contribution in [0.1, 0.15) is 10.7 Å². The first-order valence-corrected chi connectivity index (χ1v) is 3.59. The number of halogens is 3. The molecule has 0 aromatic carbocycles. The lowest BCUT2D eigenvalue weighted by Gasteiger charge is -1.99. The lowest BCUT2D eigenvalue weighted by molar-refractivity contribution is -0.137. The highest BCUT2D eigenvalue weighted by atomic mass is 31.0. The Labute approximate surface area is 57.4 Å². The predicted octanol–water partition coefficient (Wildman–Crippen LogP) is 2.44. The number of aromatic nitrogens is 1. The number of hydrogen-bond donors (Lipinski definition) is 0. The van der Waals surface area contributed by atoms with Gasteiger partial charge >= 0.3 is 6.18 Å². The fourth-order valence-corrected chi connectivity index (χ4v) is 1.33. The maximum Gasteiger partial charge on any atom is 0.436 e. The van der Waals surface area contributed by atoms with E-state index in [-0.39, 0.29) is 8.19 Å². The number of hydrogen-bond acceptors (Lipinski definition) is 1. The second kappa shape index (κ2) is 2.27. The second-order valence-corrected chi connectivity index (χ2v) is 3.42. The van der Waals surface area contributed by atoms with Crippen LogP contribution in [0, 0.1) is 6.92 Å². The highest BCUT2D eigenvalue weighted by molar-refractivity contribution is 7.31. The first-order valence-electron chi connectivity index (χ1n) is 2.59. The minimum Gasteiger partial charge on any atom is -0.247 e. The second-order valence-electron chi connectivity index (χ2n) is 1.91. The first-order chi connectivity index (χ1) is 4.50. The molecule has 1 aromatic rings. The molecule has 0 saturated carbocycles. The molecule has 0 N–H and O–H groups in total. The lowest BCUT2D eigenvalue weighted by atomic mass is 10.6. The molecule has 0 spiro atoms. The van der Waals surface area contributed by atoms with E-state index in [1.807, 2.05) is 0 Å². The van der Waals surface area contributed by atoms with Crippen LogP contribution in [0.3, 0.4) is 0 Å². The Morgan fingerprint density at radius 2 is 2.10 bits per heavy atom. The molecule has 1 atom stereocenters. The van der Waals surface area contributed by atoms with E-state index < -0.39 is 11.6 Å². The van der Waals surface area contributed by atoms with Crippen molar-refractivity contribution >= 4 is 8.19 Å². The van der Waals surface area contributed by atoms with E-state index in [0.717, 1.165) is 0 Å². The normalized spacial score (nSPS) is 12.8. The maximum atomic E-state index is 11.8. The molecule has 0 radical (unpaired) electrons. The minimum atomic E-state index is -4.23. The van der Waals surface area contributed by atoms with E-state index in [1.54, 1.807) is 6.92 Å². The molecular formula is C5H5F3NP. The molecule has 1 nitrogen and oxygen atoms in total. The average Bonchev–Trinajstić information content (AvgIpc) is 2.11. The van der Waals surface area contributed by atoms with E-state index in [4.69, 9.17) is 0 Å². The van der Waals surface area contributed by atoms with Crippen molar-refractivity contribution in [2.45, 2.75) is 13.1 Å². The first kappa shape index (κ1) is 7.61.